The molecule has 110 valence electrons. The van der Waals surface area contributed by atoms with E-state index in [-0.39, 0.29) is 17.5 Å². The monoisotopic (exact) mass is 296 g/mol. The SMILES string of the molecule is CCNc1cccnc1S(=O)(=O)N(CC)CC(C)C#N. The highest BCUT2D eigenvalue weighted by atomic mass is 32.2. The molecule has 0 aliphatic heterocycles. The van der Waals surface area contributed by atoms with Crippen LogP contribution in [0, 0.1) is 17.2 Å². The molecule has 0 radical (unpaired) electrons. The predicted octanol–water partition coefficient (Wildman–Crippen LogP) is 1.68. The van der Waals surface area contributed by atoms with Gasteiger partial charge in [0.1, 0.15) is 0 Å². The van der Waals surface area contributed by atoms with E-state index >= 15 is 0 Å². The lowest BCUT2D eigenvalue weighted by Crippen LogP contribution is -2.35. The van der Waals surface area contributed by atoms with Gasteiger partial charge in [0.15, 0.2) is 5.03 Å². The molecular formula is C13H20N4O2S. The number of nitriles is 1. The second-order valence-electron chi connectivity index (χ2n) is 4.37. The van der Waals surface area contributed by atoms with Gasteiger partial charge in [0.2, 0.25) is 0 Å². The summed E-state index contributed by atoms with van der Waals surface area (Å²) in [5.41, 5.74) is 0.484. The van der Waals surface area contributed by atoms with E-state index in [1.807, 2.05) is 6.92 Å². The van der Waals surface area contributed by atoms with Gasteiger partial charge in [-0.1, -0.05) is 6.92 Å². The molecule has 0 aliphatic carbocycles. The van der Waals surface area contributed by atoms with Gasteiger partial charge in [0.05, 0.1) is 17.7 Å². The number of nitrogens with one attached hydrogen (secondary N) is 1. The van der Waals surface area contributed by atoms with Crippen molar-refractivity contribution in [2.75, 3.05) is 25.0 Å². The van der Waals surface area contributed by atoms with Crippen LogP contribution in [0.5, 0.6) is 0 Å². The molecular weight excluding hydrogens is 276 g/mol. The quantitative estimate of drug-likeness (QED) is 0.827. The van der Waals surface area contributed by atoms with E-state index in [9.17, 15) is 8.42 Å². The molecule has 0 aromatic carbocycles. The van der Waals surface area contributed by atoms with Crippen molar-refractivity contribution in [2.24, 2.45) is 5.92 Å². The van der Waals surface area contributed by atoms with Crippen LogP contribution in [0.15, 0.2) is 23.4 Å². The van der Waals surface area contributed by atoms with Crippen LogP contribution in [-0.2, 0) is 10.0 Å². The fourth-order valence-corrected chi connectivity index (χ4v) is 3.40. The van der Waals surface area contributed by atoms with E-state index in [0.29, 0.717) is 18.8 Å². The third-order valence-electron chi connectivity index (χ3n) is 2.77. The van der Waals surface area contributed by atoms with Crippen molar-refractivity contribution in [1.29, 1.82) is 5.26 Å². The van der Waals surface area contributed by atoms with Crippen LogP contribution < -0.4 is 5.32 Å². The zero-order valence-corrected chi connectivity index (χ0v) is 12.8. The van der Waals surface area contributed by atoms with Gasteiger partial charge in [0.25, 0.3) is 10.0 Å². The molecule has 1 atom stereocenters. The number of rotatable bonds is 7. The molecule has 0 saturated heterocycles. The average molecular weight is 296 g/mol. The summed E-state index contributed by atoms with van der Waals surface area (Å²) in [4.78, 5) is 4.00. The largest absolute Gasteiger partial charge is 0.383 e. The summed E-state index contributed by atoms with van der Waals surface area (Å²) >= 11 is 0. The summed E-state index contributed by atoms with van der Waals surface area (Å²) in [7, 11) is -3.70. The van der Waals surface area contributed by atoms with E-state index in [0.717, 1.165) is 0 Å². The predicted molar refractivity (Wildman–Crippen MR) is 77.6 cm³/mol. The Balaban J connectivity index is 3.18. The van der Waals surface area contributed by atoms with Gasteiger partial charge in [-0.05, 0) is 26.0 Å². The van der Waals surface area contributed by atoms with Crippen LogP contribution >= 0.6 is 0 Å². The van der Waals surface area contributed by atoms with Gasteiger partial charge in [0, 0.05) is 25.8 Å². The van der Waals surface area contributed by atoms with Crippen molar-refractivity contribution in [2.45, 2.75) is 25.8 Å². The minimum atomic E-state index is -3.70. The summed E-state index contributed by atoms with van der Waals surface area (Å²) in [6, 6.07) is 5.42. The maximum atomic E-state index is 12.6. The molecule has 0 bridgehead atoms. The lowest BCUT2D eigenvalue weighted by Gasteiger charge is -2.22. The first kappa shape index (κ1) is 16.4. The summed E-state index contributed by atoms with van der Waals surface area (Å²) in [6.07, 6.45) is 1.45. The maximum absolute atomic E-state index is 12.6. The van der Waals surface area contributed by atoms with Crippen LogP contribution in [0.4, 0.5) is 5.69 Å². The first-order valence-corrected chi connectivity index (χ1v) is 8.00. The molecule has 7 heteroatoms. The summed E-state index contributed by atoms with van der Waals surface area (Å²) in [6.45, 7) is 6.40. The number of aromatic nitrogens is 1. The number of pyridine rings is 1. The number of sulfonamides is 1. The molecule has 0 spiro atoms. The fraction of sp³-hybridized carbons (Fsp3) is 0.538. The Morgan fingerprint density at radius 2 is 2.20 bits per heavy atom. The Morgan fingerprint density at radius 1 is 1.50 bits per heavy atom. The molecule has 0 amide bonds. The van der Waals surface area contributed by atoms with Gasteiger partial charge < -0.3 is 5.32 Å². The Labute approximate surface area is 120 Å². The Morgan fingerprint density at radius 3 is 2.75 bits per heavy atom. The van der Waals surface area contributed by atoms with Crippen molar-refractivity contribution in [1.82, 2.24) is 9.29 Å². The van der Waals surface area contributed by atoms with E-state index in [2.05, 4.69) is 16.4 Å². The standard InChI is InChI=1S/C13H20N4O2S/c1-4-15-12-7-6-8-16-13(12)20(18,19)17(5-2)10-11(3)9-14/h6-8,11,15H,4-5,10H2,1-3H3. The highest BCUT2D eigenvalue weighted by Crippen LogP contribution is 2.22. The van der Waals surface area contributed by atoms with Gasteiger partial charge >= 0.3 is 0 Å². The maximum Gasteiger partial charge on any atom is 0.262 e. The van der Waals surface area contributed by atoms with Crippen molar-refractivity contribution in [3.63, 3.8) is 0 Å². The van der Waals surface area contributed by atoms with Crippen LogP contribution in [0.25, 0.3) is 0 Å². The van der Waals surface area contributed by atoms with Crippen LogP contribution in [0.2, 0.25) is 0 Å². The van der Waals surface area contributed by atoms with E-state index in [1.54, 1.807) is 26.0 Å². The average Bonchev–Trinajstić information content (AvgIpc) is 2.45. The lowest BCUT2D eigenvalue weighted by atomic mass is 10.2. The highest BCUT2D eigenvalue weighted by Gasteiger charge is 2.28. The van der Waals surface area contributed by atoms with Gasteiger partial charge in [-0.2, -0.15) is 9.57 Å². The second-order valence-corrected chi connectivity index (χ2v) is 6.23. The minimum absolute atomic E-state index is 0.00818. The summed E-state index contributed by atoms with van der Waals surface area (Å²) in [5, 5.41) is 11.9. The second kappa shape index (κ2) is 7.22. The number of hydrogen-bond donors (Lipinski definition) is 1. The molecule has 1 unspecified atom stereocenters. The van der Waals surface area contributed by atoms with E-state index < -0.39 is 10.0 Å². The smallest absolute Gasteiger partial charge is 0.262 e. The van der Waals surface area contributed by atoms with Crippen LogP contribution in [0.3, 0.4) is 0 Å². The van der Waals surface area contributed by atoms with Crippen LogP contribution in [-0.4, -0.2) is 37.3 Å². The van der Waals surface area contributed by atoms with Gasteiger partial charge in [-0.15, -0.1) is 0 Å². The number of hydrogen-bond acceptors (Lipinski definition) is 5. The zero-order valence-electron chi connectivity index (χ0n) is 12.0. The third-order valence-corrected chi connectivity index (χ3v) is 4.67. The number of nitrogens with zero attached hydrogens (tertiary/aromatic N) is 3. The first-order valence-electron chi connectivity index (χ1n) is 6.56. The Bertz CT molecular complexity index is 580. The number of anilines is 1. The Hall–Kier alpha value is -1.65. The highest BCUT2D eigenvalue weighted by molar-refractivity contribution is 7.89. The van der Waals surface area contributed by atoms with Gasteiger partial charge in [-0.3, -0.25) is 0 Å². The molecule has 1 rings (SSSR count). The normalized spacial score (nSPS) is 12.9. The molecule has 0 fully saturated rings. The molecule has 6 nitrogen and oxygen atoms in total. The van der Waals surface area contributed by atoms with Crippen molar-refractivity contribution in [3.8, 4) is 6.07 Å². The zero-order chi connectivity index (χ0) is 15.2. The van der Waals surface area contributed by atoms with Crippen LogP contribution in [0.1, 0.15) is 20.8 Å². The third kappa shape index (κ3) is 3.68. The van der Waals surface area contributed by atoms with E-state index in [1.165, 1.54) is 10.5 Å². The topological polar surface area (TPSA) is 86.1 Å². The Kier molecular flexibility index (Phi) is 5.92. The molecule has 1 heterocycles. The van der Waals surface area contributed by atoms with E-state index in [4.69, 9.17) is 5.26 Å². The first-order chi connectivity index (χ1) is 9.47. The minimum Gasteiger partial charge on any atom is -0.383 e. The molecule has 0 saturated carbocycles. The van der Waals surface area contributed by atoms with Gasteiger partial charge in [-0.25, -0.2) is 13.4 Å². The molecule has 0 aliphatic rings. The van der Waals surface area contributed by atoms with Crippen molar-refractivity contribution >= 4 is 15.7 Å². The van der Waals surface area contributed by atoms with Crippen molar-refractivity contribution in [3.05, 3.63) is 18.3 Å². The fourth-order valence-electron chi connectivity index (χ4n) is 1.79. The summed E-state index contributed by atoms with van der Waals surface area (Å²) < 4.78 is 26.5. The molecule has 20 heavy (non-hydrogen) atoms. The molecule has 1 N–H and O–H groups in total. The van der Waals surface area contributed by atoms with Crippen molar-refractivity contribution < 1.29 is 8.42 Å². The molecule has 1 aromatic heterocycles. The lowest BCUT2D eigenvalue weighted by molar-refractivity contribution is 0.398. The molecule has 1 aromatic rings. The summed E-state index contributed by atoms with van der Waals surface area (Å²) in [5.74, 6) is -0.365.